The summed E-state index contributed by atoms with van der Waals surface area (Å²) in [6.45, 7) is 2.25. The van der Waals surface area contributed by atoms with Gasteiger partial charge in [0.25, 0.3) is 10.0 Å². The third-order valence-corrected chi connectivity index (χ3v) is 7.36. The first-order chi connectivity index (χ1) is 16.1. The fourth-order valence-corrected chi connectivity index (χ4v) is 5.28. The van der Waals surface area contributed by atoms with E-state index in [9.17, 15) is 8.42 Å². The maximum Gasteiger partial charge on any atom is 0.257 e. The first-order valence-corrected chi connectivity index (χ1v) is 13.8. The molecule has 1 heterocycles. The maximum atomic E-state index is 13.1. The molecule has 1 aromatic heterocycles. The zero-order valence-electron chi connectivity index (χ0n) is 19.7. The second-order valence-corrected chi connectivity index (χ2v) is 10.3. The van der Waals surface area contributed by atoms with Crippen molar-refractivity contribution in [2.75, 3.05) is 5.43 Å². The zero-order valence-corrected chi connectivity index (χ0v) is 20.5. The minimum atomic E-state index is -3.71. The van der Waals surface area contributed by atoms with Crippen LogP contribution in [0.5, 0.6) is 0 Å². The summed E-state index contributed by atoms with van der Waals surface area (Å²) >= 11 is 0. The predicted octanol–water partition coefficient (Wildman–Crippen LogP) is 7.00. The van der Waals surface area contributed by atoms with Gasteiger partial charge >= 0.3 is 0 Å². The number of aromatic nitrogens is 1. The molecule has 0 fully saturated rings. The van der Waals surface area contributed by atoms with Crippen molar-refractivity contribution in [3.8, 4) is 0 Å². The van der Waals surface area contributed by atoms with E-state index in [2.05, 4.69) is 22.2 Å². The number of fused-ring (bicyclic) bond motifs is 1. The van der Waals surface area contributed by atoms with Crippen LogP contribution < -0.4 is 10.3 Å². The van der Waals surface area contributed by atoms with Crippen LogP contribution in [0.4, 0.5) is 5.69 Å². The number of para-hydroxylation sites is 1. The molecule has 0 amide bonds. The van der Waals surface area contributed by atoms with E-state index >= 15 is 0 Å². The second kappa shape index (κ2) is 13.3. The summed E-state index contributed by atoms with van der Waals surface area (Å²) in [6, 6.07) is 16.7. The molecule has 2 N–H and O–H groups in total. The van der Waals surface area contributed by atoms with E-state index in [-0.39, 0.29) is 0 Å². The van der Waals surface area contributed by atoms with Crippen molar-refractivity contribution in [2.24, 2.45) is 0 Å². The molecule has 0 aliphatic carbocycles. The molecule has 0 unspecified atom stereocenters. The summed E-state index contributed by atoms with van der Waals surface area (Å²) in [5, 5.41) is 0.947. The molecule has 0 radical (unpaired) electrons. The Balaban J connectivity index is 1.50. The van der Waals surface area contributed by atoms with Gasteiger partial charge in [-0.1, -0.05) is 101 Å². The van der Waals surface area contributed by atoms with E-state index in [1.54, 1.807) is 18.3 Å². The third-order valence-electron chi connectivity index (χ3n) is 6.01. The monoisotopic (exact) mass is 467 g/mol. The first-order valence-electron chi connectivity index (χ1n) is 12.3. The number of hydrazine groups is 1. The quantitative estimate of drug-likeness (QED) is 0.186. The standard InChI is InChI=1S/C27H37N3O2S/c1-2-3-4-5-6-7-8-9-10-11-16-23-17-12-13-21-26(23)33(31,32)30-29-25-20-14-18-24-19-15-22-28-27(24)25/h12-15,17-22,29-30H,2-11,16H2,1H3. The van der Waals surface area contributed by atoms with Gasteiger partial charge in [0.2, 0.25) is 0 Å². The van der Waals surface area contributed by atoms with Crippen molar-refractivity contribution in [2.45, 2.75) is 82.4 Å². The van der Waals surface area contributed by atoms with Gasteiger partial charge in [0, 0.05) is 11.6 Å². The van der Waals surface area contributed by atoms with Gasteiger partial charge in [0.15, 0.2) is 0 Å². The minimum absolute atomic E-state index is 0.335. The van der Waals surface area contributed by atoms with E-state index in [1.807, 2.05) is 42.5 Å². The van der Waals surface area contributed by atoms with Crippen LogP contribution in [0.15, 0.2) is 65.7 Å². The number of anilines is 1. The van der Waals surface area contributed by atoms with Gasteiger partial charge in [0.05, 0.1) is 16.1 Å². The summed E-state index contributed by atoms with van der Waals surface area (Å²) in [4.78, 5) is 7.24. The van der Waals surface area contributed by atoms with Gasteiger partial charge in [0.1, 0.15) is 0 Å². The fraction of sp³-hybridized carbons (Fsp3) is 0.444. The number of unbranched alkanes of at least 4 members (excludes halogenated alkanes) is 9. The van der Waals surface area contributed by atoms with Crippen molar-refractivity contribution in [1.29, 1.82) is 0 Å². The molecule has 3 aromatic rings. The topological polar surface area (TPSA) is 71.1 Å². The number of sulfonamides is 1. The van der Waals surface area contributed by atoms with E-state index in [0.717, 1.165) is 35.7 Å². The van der Waals surface area contributed by atoms with Crippen molar-refractivity contribution < 1.29 is 8.42 Å². The minimum Gasteiger partial charge on any atom is -0.306 e. The van der Waals surface area contributed by atoms with Gasteiger partial charge in [-0.25, -0.2) is 8.42 Å². The number of hydrogen-bond acceptors (Lipinski definition) is 4. The average Bonchev–Trinajstić information content (AvgIpc) is 2.84. The van der Waals surface area contributed by atoms with Crippen molar-refractivity contribution in [3.63, 3.8) is 0 Å². The van der Waals surface area contributed by atoms with Crippen molar-refractivity contribution in [1.82, 2.24) is 9.82 Å². The summed E-state index contributed by atoms with van der Waals surface area (Å²) in [5.41, 5.74) is 5.08. The molecule has 0 atom stereocenters. The molecule has 0 saturated heterocycles. The lowest BCUT2D eigenvalue weighted by atomic mass is 10.0. The zero-order chi connectivity index (χ0) is 23.4. The van der Waals surface area contributed by atoms with Gasteiger partial charge in [-0.3, -0.25) is 4.98 Å². The molecule has 2 aromatic carbocycles. The summed E-state index contributed by atoms with van der Waals surface area (Å²) in [6.07, 6.45) is 15.1. The van der Waals surface area contributed by atoms with E-state index in [0.29, 0.717) is 10.6 Å². The van der Waals surface area contributed by atoms with Gasteiger partial charge in [-0.05, 0) is 36.6 Å². The molecule has 33 heavy (non-hydrogen) atoms. The van der Waals surface area contributed by atoms with Crippen LogP contribution in [0, 0.1) is 0 Å². The Morgan fingerprint density at radius 2 is 1.42 bits per heavy atom. The first kappa shape index (κ1) is 25.2. The van der Waals surface area contributed by atoms with E-state index in [1.165, 1.54) is 51.4 Å². The molecular weight excluding hydrogens is 430 g/mol. The normalized spacial score (nSPS) is 11.7. The smallest absolute Gasteiger partial charge is 0.257 e. The highest BCUT2D eigenvalue weighted by Gasteiger charge is 2.18. The van der Waals surface area contributed by atoms with Crippen LogP contribution in [0.2, 0.25) is 0 Å². The summed E-state index contributed by atoms with van der Waals surface area (Å²) < 4.78 is 26.1. The number of nitrogens with zero attached hydrogens (tertiary/aromatic N) is 1. The Kier molecular flexibility index (Phi) is 10.2. The van der Waals surface area contributed by atoms with Crippen LogP contribution >= 0.6 is 0 Å². The Labute approximate surface area is 199 Å². The Morgan fingerprint density at radius 3 is 2.18 bits per heavy atom. The van der Waals surface area contributed by atoms with Crippen LogP contribution in [0.25, 0.3) is 10.9 Å². The molecule has 0 spiro atoms. The number of benzene rings is 2. The van der Waals surface area contributed by atoms with E-state index < -0.39 is 10.0 Å². The highest BCUT2D eigenvalue weighted by molar-refractivity contribution is 7.89. The molecule has 178 valence electrons. The largest absolute Gasteiger partial charge is 0.306 e. The number of pyridine rings is 1. The lowest BCUT2D eigenvalue weighted by molar-refractivity contribution is 0.555. The van der Waals surface area contributed by atoms with Crippen LogP contribution in [0.3, 0.4) is 0 Å². The van der Waals surface area contributed by atoms with Gasteiger partial charge < -0.3 is 5.43 Å². The van der Waals surface area contributed by atoms with Crippen molar-refractivity contribution in [3.05, 3.63) is 66.4 Å². The summed E-state index contributed by atoms with van der Waals surface area (Å²) in [7, 11) is -3.71. The molecule has 0 aliphatic rings. The maximum absolute atomic E-state index is 13.1. The SMILES string of the molecule is CCCCCCCCCCCCc1ccccc1S(=O)(=O)NNc1cccc2cccnc12. The highest BCUT2D eigenvalue weighted by Crippen LogP contribution is 2.22. The number of aryl methyl sites for hydroxylation is 1. The number of hydrogen-bond donors (Lipinski definition) is 2. The Hall–Kier alpha value is -2.44. The van der Waals surface area contributed by atoms with Crippen LogP contribution in [0.1, 0.15) is 76.7 Å². The lowest BCUT2D eigenvalue weighted by Gasteiger charge is -2.14. The number of rotatable bonds is 15. The van der Waals surface area contributed by atoms with Gasteiger partial charge in [-0.2, -0.15) is 0 Å². The molecule has 0 bridgehead atoms. The molecule has 5 nitrogen and oxygen atoms in total. The molecule has 0 saturated carbocycles. The van der Waals surface area contributed by atoms with Crippen molar-refractivity contribution >= 4 is 26.6 Å². The highest BCUT2D eigenvalue weighted by atomic mass is 32.2. The molecule has 0 aliphatic heterocycles. The third kappa shape index (κ3) is 7.83. The Morgan fingerprint density at radius 1 is 0.758 bits per heavy atom. The molecule has 6 heteroatoms. The summed E-state index contributed by atoms with van der Waals surface area (Å²) in [5.74, 6) is 0. The number of nitrogens with one attached hydrogen (secondary N) is 2. The molecule has 3 rings (SSSR count). The Bertz CT molecular complexity index is 1090. The fourth-order valence-electron chi connectivity index (χ4n) is 4.16. The molecular formula is C27H37N3O2S. The average molecular weight is 468 g/mol. The second-order valence-electron chi connectivity index (χ2n) is 8.65. The van der Waals surface area contributed by atoms with Gasteiger partial charge in [-0.15, -0.1) is 4.83 Å². The van der Waals surface area contributed by atoms with E-state index in [4.69, 9.17) is 0 Å². The lowest BCUT2D eigenvalue weighted by Crippen LogP contribution is -2.30. The predicted molar refractivity (Wildman–Crippen MR) is 138 cm³/mol. The van der Waals surface area contributed by atoms with Crippen LogP contribution in [-0.2, 0) is 16.4 Å². The van der Waals surface area contributed by atoms with Crippen LogP contribution in [-0.4, -0.2) is 13.4 Å².